The van der Waals surface area contributed by atoms with E-state index in [0.29, 0.717) is 0 Å². The van der Waals surface area contributed by atoms with Crippen LogP contribution < -0.4 is 0 Å². The summed E-state index contributed by atoms with van der Waals surface area (Å²) in [6, 6.07) is 0. The molecule has 0 aromatic carbocycles. The molecule has 0 aliphatic heterocycles. The molecule has 0 aliphatic rings. The maximum absolute atomic E-state index is 10.4. The van der Waals surface area contributed by atoms with E-state index in [-0.39, 0.29) is 10.0 Å². The Hall–Kier alpha value is -0.610. The molecule has 1 heterocycles. The second-order valence-corrected chi connectivity index (χ2v) is 3.33. The molecule has 0 radical (unpaired) electrons. The van der Waals surface area contributed by atoms with E-state index >= 15 is 0 Å². The lowest BCUT2D eigenvalue weighted by atomic mass is 10.5. The quantitative estimate of drug-likeness (QED) is 0.779. The highest BCUT2D eigenvalue weighted by molar-refractivity contribution is 7.14. The van der Waals surface area contributed by atoms with Crippen LogP contribution in [0.15, 0.2) is 0 Å². The van der Waals surface area contributed by atoms with E-state index in [4.69, 9.17) is 16.7 Å². The first-order valence-corrected chi connectivity index (χ1v) is 4.23. The van der Waals surface area contributed by atoms with Gasteiger partial charge in [-0.3, -0.25) is 0 Å². The van der Waals surface area contributed by atoms with Crippen molar-refractivity contribution in [1.82, 2.24) is 4.98 Å². The topological polar surface area (TPSA) is 50.2 Å². The van der Waals surface area contributed by atoms with Crippen LogP contribution >= 0.6 is 22.9 Å². The van der Waals surface area contributed by atoms with Gasteiger partial charge < -0.3 is 5.11 Å². The fourth-order valence-electron chi connectivity index (χ4n) is 0.626. The largest absolute Gasteiger partial charge is 0.477 e. The second-order valence-electron chi connectivity index (χ2n) is 1.89. The third kappa shape index (κ3) is 1.70. The van der Waals surface area contributed by atoms with Gasteiger partial charge in [0, 0.05) is 0 Å². The fourth-order valence-corrected chi connectivity index (χ4v) is 1.71. The Balaban J connectivity index is 3.07. The van der Waals surface area contributed by atoms with E-state index in [0.717, 1.165) is 22.8 Å². The SMILES string of the molecule is CCc1nc(Cl)c(C(=O)O)s1. The average molecular weight is 192 g/mol. The molecular formula is C6H6ClNO2S. The molecular weight excluding hydrogens is 186 g/mol. The molecule has 0 unspecified atom stereocenters. The average Bonchev–Trinajstić information content (AvgIpc) is 2.30. The first-order valence-electron chi connectivity index (χ1n) is 3.03. The summed E-state index contributed by atoms with van der Waals surface area (Å²) >= 11 is 6.66. The molecule has 1 N–H and O–H groups in total. The summed E-state index contributed by atoms with van der Waals surface area (Å²) in [5, 5.41) is 9.41. The van der Waals surface area contributed by atoms with Gasteiger partial charge in [-0.05, 0) is 6.42 Å². The van der Waals surface area contributed by atoms with Crippen molar-refractivity contribution in [2.75, 3.05) is 0 Å². The Labute approximate surface area is 72.6 Å². The monoisotopic (exact) mass is 191 g/mol. The molecule has 0 saturated carbocycles. The first kappa shape index (κ1) is 8.49. The minimum Gasteiger partial charge on any atom is -0.477 e. The van der Waals surface area contributed by atoms with Crippen LogP contribution in [0.2, 0.25) is 5.15 Å². The number of aromatic carboxylic acids is 1. The van der Waals surface area contributed by atoms with Crippen molar-refractivity contribution in [1.29, 1.82) is 0 Å². The number of hydrogen-bond acceptors (Lipinski definition) is 3. The lowest BCUT2D eigenvalue weighted by molar-refractivity contribution is 0.0702. The summed E-state index contributed by atoms with van der Waals surface area (Å²) in [7, 11) is 0. The number of aromatic nitrogens is 1. The third-order valence-electron chi connectivity index (χ3n) is 1.13. The van der Waals surface area contributed by atoms with Gasteiger partial charge in [-0.25, -0.2) is 9.78 Å². The standard InChI is InChI=1S/C6H6ClNO2S/c1-2-3-8-5(7)4(11-3)6(9)10/h2H2,1H3,(H,9,10). The van der Waals surface area contributed by atoms with Crippen LogP contribution in [-0.4, -0.2) is 16.1 Å². The Bertz CT molecular complexity index is 284. The number of halogens is 1. The van der Waals surface area contributed by atoms with Crippen molar-refractivity contribution in [3.63, 3.8) is 0 Å². The number of carboxylic acids is 1. The van der Waals surface area contributed by atoms with E-state index in [1.165, 1.54) is 0 Å². The van der Waals surface area contributed by atoms with Crippen molar-refractivity contribution in [3.8, 4) is 0 Å². The number of hydrogen-bond donors (Lipinski definition) is 1. The normalized spacial score (nSPS) is 10.0. The highest BCUT2D eigenvalue weighted by atomic mass is 35.5. The van der Waals surface area contributed by atoms with E-state index in [9.17, 15) is 4.79 Å². The lowest BCUT2D eigenvalue weighted by Crippen LogP contribution is -1.91. The summed E-state index contributed by atoms with van der Waals surface area (Å²) in [4.78, 5) is 14.4. The van der Waals surface area contributed by atoms with Gasteiger partial charge in [-0.2, -0.15) is 0 Å². The van der Waals surface area contributed by atoms with Gasteiger partial charge in [0.05, 0.1) is 5.01 Å². The summed E-state index contributed by atoms with van der Waals surface area (Å²) < 4.78 is 0. The van der Waals surface area contributed by atoms with Crippen LogP contribution in [0.1, 0.15) is 21.6 Å². The van der Waals surface area contributed by atoms with Gasteiger partial charge in [0.1, 0.15) is 0 Å². The van der Waals surface area contributed by atoms with E-state index < -0.39 is 5.97 Å². The van der Waals surface area contributed by atoms with E-state index in [2.05, 4.69) is 4.98 Å². The number of carbonyl (C=O) groups is 1. The Kier molecular flexibility index (Phi) is 2.46. The molecule has 1 rings (SSSR count). The minimum atomic E-state index is -1.01. The van der Waals surface area contributed by atoms with Crippen molar-refractivity contribution < 1.29 is 9.90 Å². The zero-order valence-corrected chi connectivity index (χ0v) is 7.37. The van der Waals surface area contributed by atoms with Gasteiger partial charge in [0.2, 0.25) is 0 Å². The predicted octanol–water partition coefficient (Wildman–Crippen LogP) is 2.06. The van der Waals surface area contributed by atoms with Crippen molar-refractivity contribution >= 4 is 28.9 Å². The smallest absolute Gasteiger partial charge is 0.349 e. The van der Waals surface area contributed by atoms with Crippen LogP contribution in [0.5, 0.6) is 0 Å². The van der Waals surface area contributed by atoms with Crippen LogP contribution in [0, 0.1) is 0 Å². The second kappa shape index (κ2) is 3.19. The van der Waals surface area contributed by atoms with E-state index in [1.807, 2.05) is 6.92 Å². The maximum atomic E-state index is 10.4. The molecule has 0 atom stereocenters. The molecule has 0 fully saturated rings. The molecule has 11 heavy (non-hydrogen) atoms. The summed E-state index contributed by atoms with van der Waals surface area (Å²) in [5.74, 6) is -1.01. The molecule has 0 aliphatic carbocycles. The summed E-state index contributed by atoms with van der Waals surface area (Å²) in [6.07, 6.45) is 0.720. The number of nitrogens with zero attached hydrogens (tertiary/aromatic N) is 1. The van der Waals surface area contributed by atoms with Crippen molar-refractivity contribution in [3.05, 3.63) is 15.0 Å². The third-order valence-corrected chi connectivity index (χ3v) is 2.70. The lowest BCUT2D eigenvalue weighted by Gasteiger charge is -1.82. The molecule has 60 valence electrons. The summed E-state index contributed by atoms with van der Waals surface area (Å²) in [6.45, 7) is 1.90. The van der Waals surface area contributed by atoms with Gasteiger partial charge in [-0.15, -0.1) is 11.3 Å². The maximum Gasteiger partial charge on any atom is 0.349 e. The molecule has 1 aromatic heterocycles. The Morgan fingerprint density at radius 1 is 1.82 bits per heavy atom. The van der Waals surface area contributed by atoms with Crippen LogP contribution in [0.4, 0.5) is 0 Å². The molecule has 1 aromatic rings. The molecule has 5 heteroatoms. The number of rotatable bonds is 2. The van der Waals surface area contributed by atoms with Crippen LogP contribution in [-0.2, 0) is 6.42 Å². The van der Waals surface area contributed by atoms with Gasteiger partial charge in [-0.1, -0.05) is 18.5 Å². The van der Waals surface area contributed by atoms with Gasteiger partial charge >= 0.3 is 5.97 Å². The highest BCUT2D eigenvalue weighted by Crippen LogP contribution is 2.22. The zero-order chi connectivity index (χ0) is 8.43. The first-order chi connectivity index (χ1) is 5.15. The van der Waals surface area contributed by atoms with Crippen LogP contribution in [0.3, 0.4) is 0 Å². The molecule has 0 bridgehead atoms. The minimum absolute atomic E-state index is 0.0966. The van der Waals surface area contributed by atoms with E-state index in [1.54, 1.807) is 0 Å². The Morgan fingerprint density at radius 2 is 2.45 bits per heavy atom. The van der Waals surface area contributed by atoms with Gasteiger partial charge in [0.15, 0.2) is 10.0 Å². The number of thiazole rings is 1. The van der Waals surface area contributed by atoms with Crippen molar-refractivity contribution in [2.24, 2.45) is 0 Å². The molecule has 3 nitrogen and oxygen atoms in total. The number of aryl methyl sites for hydroxylation is 1. The summed E-state index contributed by atoms with van der Waals surface area (Å²) in [5.41, 5.74) is 0. The van der Waals surface area contributed by atoms with Crippen molar-refractivity contribution in [2.45, 2.75) is 13.3 Å². The predicted molar refractivity (Wildman–Crippen MR) is 43.5 cm³/mol. The highest BCUT2D eigenvalue weighted by Gasteiger charge is 2.13. The fraction of sp³-hybridized carbons (Fsp3) is 0.333. The zero-order valence-electron chi connectivity index (χ0n) is 5.80. The molecule has 0 spiro atoms. The molecule has 0 saturated heterocycles. The van der Waals surface area contributed by atoms with Gasteiger partial charge in [0.25, 0.3) is 0 Å². The molecule has 0 amide bonds. The van der Waals surface area contributed by atoms with Crippen LogP contribution in [0.25, 0.3) is 0 Å². The number of carboxylic acid groups (broad SMARTS) is 1. The Morgan fingerprint density at radius 3 is 2.73 bits per heavy atom.